The Balaban J connectivity index is 1.93. The van der Waals surface area contributed by atoms with E-state index in [9.17, 15) is 9.18 Å². The van der Waals surface area contributed by atoms with Gasteiger partial charge >= 0.3 is 5.69 Å². The van der Waals surface area contributed by atoms with E-state index in [1.54, 1.807) is 30.3 Å². The highest BCUT2D eigenvalue weighted by molar-refractivity contribution is 6.30. The van der Waals surface area contributed by atoms with Gasteiger partial charge in [-0.2, -0.15) is 9.97 Å². The van der Waals surface area contributed by atoms with Gasteiger partial charge in [0.05, 0.1) is 12.6 Å². The maximum atomic E-state index is 14.4. The van der Waals surface area contributed by atoms with Gasteiger partial charge in [0.25, 0.3) is 0 Å². The van der Waals surface area contributed by atoms with E-state index in [2.05, 4.69) is 20.6 Å². The quantitative estimate of drug-likeness (QED) is 0.395. The normalized spacial score (nSPS) is 10.9. The van der Waals surface area contributed by atoms with E-state index < -0.39 is 11.5 Å². The molecular formula is C22H25ClFN5O3. The van der Waals surface area contributed by atoms with Crippen molar-refractivity contribution in [2.75, 3.05) is 23.8 Å². The summed E-state index contributed by atoms with van der Waals surface area (Å²) in [5.41, 5.74) is 0.669. The van der Waals surface area contributed by atoms with E-state index in [-0.39, 0.29) is 36.9 Å². The Labute approximate surface area is 190 Å². The zero-order valence-corrected chi connectivity index (χ0v) is 18.6. The average Bonchev–Trinajstić information content (AvgIpc) is 2.74. The van der Waals surface area contributed by atoms with Gasteiger partial charge in [-0.1, -0.05) is 23.7 Å². The molecule has 0 radical (unpaired) electrons. The number of aliphatic hydroxyl groups excluding tert-OH is 1. The van der Waals surface area contributed by atoms with Gasteiger partial charge in [-0.15, -0.1) is 0 Å². The fourth-order valence-electron chi connectivity index (χ4n) is 2.85. The first-order chi connectivity index (χ1) is 15.4. The molecule has 170 valence electrons. The molecule has 0 saturated carbocycles. The van der Waals surface area contributed by atoms with Crippen molar-refractivity contribution in [3.63, 3.8) is 0 Å². The summed E-state index contributed by atoms with van der Waals surface area (Å²) in [6.07, 6.45) is 0.310. The SMILES string of the molecule is CC(C)Oc1ccc(Nc2nc(NCCCO)nc(=O)n2Cc2ccc(Cl)cc2)cc1F. The molecule has 0 aliphatic carbocycles. The number of nitrogens with one attached hydrogen (secondary N) is 2. The van der Waals surface area contributed by atoms with Crippen LogP contribution in [0.3, 0.4) is 0 Å². The smallest absolute Gasteiger partial charge is 0.353 e. The first kappa shape index (κ1) is 23.5. The highest BCUT2D eigenvalue weighted by atomic mass is 35.5. The third-order valence-corrected chi connectivity index (χ3v) is 4.57. The Kier molecular flexibility index (Phi) is 8.02. The Hall–Kier alpha value is -3.17. The largest absolute Gasteiger partial charge is 0.488 e. The number of benzene rings is 2. The molecule has 0 aliphatic rings. The maximum absolute atomic E-state index is 14.4. The topological polar surface area (TPSA) is 101 Å². The van der Waals surface area contributed by atoms with Crippen LogP contribution in [-0.4, -0.2) is 38.9 Å². The third kappa shape index (κ3) is 6.41. The summed E-state index contributed by atoms with van der Waals surface area (Å²) in [7, 11) is 0. The Morgan fingerprint density at radius 1 is 1.19 bits per heavy atom. The van der Waals surface area contributed by atoms with Gasteiger partial charge in [-0.05, 0) is 50.1 Å². The molecule has 0 spiro atoms. The molecule has 0 fully saturated rings. The average molecular weight is 462 g/mol. The minimum atomic E-state index is -0.538. The van der Waals surface area contributed by atoms with Crippen LogP contribution in [0.25, 0.3) is 0 Å². The minimum Gasteiger partial charge on any atom is -0.488 e. The summed E-state index contributed by atoms with van der Waals surface area (Å²) in [5.74, 6) is -0.106. The van der Waals surface area contributed by atoms with Crippen LogP contribution in [0.15, 0.2) is 47.3 Å². The number of aromatic nitrogens is 3. The molecule has 0 atom stereocenters. The molecule has 2 aromatic carbocycles. The molecule has 1 heterocycles. The molecule has 3 rings (SSSR count). The Morgan fingerprint density at radius 3 is 2.59 bits per heavy atom. The van der Waals surface area contributed by atoms with Crippen molar-refractivity contribution in [2.24, 2.45) is 0 Å². The zero-order valence-electron chi connectivity index (χ0n) is 17.8. The molecule has 1 aromatic heterocycles. The number of hydrogen-bond donors (Lipinski definition) is 3. The van der Waals surface area contributed by atoms with Crippen LogP contribution in [0.5, 0.6) is 5.75 Å². The van der Waals surface area contributed by atoms with Crippen molar-refractivity contribution in [1.29, 1.82) is 0 Å². The van der Waals surface area contributed by atoms with Crippen molar-refractivity contribution in [1.82, 2.24) is 14.5 Å². The van der Waals surface area contributed by atoms with E-state index in [1.165, 1.54) is 16.7 Å². The third-order valence-electron chi connectivity index (χ3n) is 4.32. The number of hydrogen-bond acceptors (Lipinski definition) is 7. The van der Waals surface area contributed by atoms with Crippen LogP contribution >= 0.6 is 11.6 Å². The van der Waals surface area contributed by atoms with Gasteiger partial charge in [0.15, 0.2) is 11.6 Å². The van der Waals surface area contributed by atoms with E-state index in [1.807, 2.05) is 13.8 Å². The molecule has 8 nitrogen and oxygen atoms in total. The lowest BCUT2D eigenvalue weighted by atomic mass is 10.2. The summed E-state index contributed by atoms with van der Waals surface area (Å²) in [5, 5.41) is 15.5. The monoisotopic (exact) mass is 461 g/mol. The molecule has 3 aromatic rings. The van der Waals surface area contributed by atoms with Crippen LogP contribution in [0.4, 0.5) is 22.0 Å². The lowest BCUT2D eigenvalue weighted by Crippen LogP contribution is -2.28. The van der Waals surface area contributed by atoms with E-state index in [4.69, 9.17) is 21.4 Å². The summed E-state index contributed by atoms with van der Waals surface area (Å²) in [6, 6.07) is 11.5. The summed E-state index contributed by atoms with van der Waals surface area (Å²) in [6.45, 7) is 4.20. The van der Waals surface area contributed by atoms with E-state index >= 15 is 0 Å². The summed E-state index contributed by atoms with van der Waals surface area (Å²) >= 11 is 5.95. The van der Waals surface area contributed by atoms with Crippen molar-refractivity contribution < 1.29 is 14.2 Å². The van der Waals surface area contributed by atoms with Crippen LogP contribution in [0.2, 0.25) is 5.02 Å². The molecule has 3 N–H and O–H groups in total. The van der Waals surface area contributed by atoms with Crippen LogP contribution in [0, 0.1) is 5.82 Å². The standard InChI is InChI=1S/C22H25ClFN5O3/c1-14(2)32-19-9-8-17(12-18(19)24)26-21-27-20(25-10-3-11-30)28-22(31)29(21)13-15-4-6-16(23)7-5-15/h4-9,12,14,30H,3,10-11,13H2,1-2H3,(H2,25,26,27,28,31). The predicted molar refractivity (Wildman–Crippen MR) is 122 cm³/mol. The van der Waals surface area contributed by atoms with Gasteiger partial charge in [-0.3, -0.25) is 4.57 Å². The van der Waals surface area contributed by atoms with E-state index in [0.29, 0.717) is 23.7 Å². The molecule has 0 saturated heterocycles. The lowest BCUT2D eigenvalue weighted by molar-refractivity contribution is 0.231. The first-order valence-electron chi connectivity index (χ1n) is 10.2. The van der Waals surface area contributed by atoms with Gasteiger partial charge in [0, 0.05) is 29.9 Å². The number of nitrogens with zero attached hydrogens (tertiary/aromatic N) is 3. The van der Waals surface area contributed by atoms with Crippen molar-refractivity contribution in [2.45, 2.75) is 32.9 Å². The summed E-state index contributed by atoms with van der Waals surface area (Å²) in [4.78, 5) is 21.1. The number of anilines is 3. The van der Waals surface area contributed by atoms with Crippen molar-refractivity contribution in [3.8, 4) is 5.75 Å². The second kappa shape index (κ2) is 10.9. The highest BCUT2D eigenvalue weighted by Gasteiger charge is 2.13. The zero-order chi connectivity index (χ0) is 23.1. The van der Waals surface area contributed by atoms with Crippen LogP contribution in [-0.2, 0) is 6.54 Å². The fourth-order valence-corrected chi connectivity index (χ4v) is 2.98. The van der Waals surface area contributed by atoms with Gasteiger partial charge < -0.3 is 20.5 Å². The number of ether oxygens (including phenoxy) is 1. The van der Waals surface area contributed by atoms with Crippen molar-refractivity contribution in [3.05, 3.63) is 69.4 Å². The molecule has 0 amide bonds. The van der Waals surface area contributed by atoms with Crippen LogP contribution < -0.4 is 21.1 Å². The second-order valence-electron chi connectivity index (χ2n) is 7.31. The Morgan fingerprint density at radius 2 is 1.94 bits per heavy atom. The molecular weight excluding hydrogens is 437 g/mol. The number of rotatable bonds is 10. The van der Waals surface area contributed by atoms with Gasteiger partial charge in [0.1, 0.15) is 0 Å². The number of halogens is 2. The van der Waals surface area contributed by atoms with Gasteiger partial charge in [-0.25, -0.2) is 9.18 Å². The molecule has 0 bridgehead atoms. The van der Waals surface area contributed by atoms with Crippen molar-refractivity contribution >= 4 is 29.2 Å². The number of aliphatic hydroxyl groups is 1. The minimum absolute atomic E-state index is 0.00415. The fraction of sp³-hybridized carbons (Fsp3) is 0.318. The Bertz CT molecular complexity index is 1110. The lowest BCUT2D eigenvalue weighted by Gasteiger charge is -2.16. The molecule has 0 unspecified atom stereocenters. The molecule has 32 heavy (non-hydrogen) atoms. The molecule has 0 aliphatic heterocycles. The second-order valence-corrected chi connectivity index (χ2v) is 7.74. The van der Waals surface area contributed by atoms with Gasteiger partial charge in [0.2, 0.25) is 11.9 Å². The predicted octanol–water partition coefficient (Wildman–Crippen LogP) is 3.80. The summed E-state index contributed by atoms with van der Waals surface area (Å²) < 4.78 is 21.2. The molecule has 10 heteroatoms. The maximum Gasteiger partial charge on any atom is 0.353 e. The van der Waals surface area contributed by atoms with Crippen LogP contribution in [0.1, 0.15) is 25.8 Å². The highest BCUT2D eigenvalue weighted by Crippen LogP contribution is 2.24. The first-order valence-corrected chi connectivity index (χ1v) is 10.5. The van der Waals surface area contributed by atoms with E-state index in [0.717, 1.165) is 5.56 Å².